The fourth-order valence-electron chi connectivity index (χ4n) is 3.17. The lowest BCUT2D eigenvalue weighted by Gasteiger charge is -2.41. The van der Waals surface area contributed by atoms with E-state index < -0.39 is 0 Å². The molecule has 0 aromatic carbocycles. The van der Waals surface area contributed by atoms with Crippen LogP contribution in [0.1, 0.15) is 45.4 Å². The van der Waals surface area contributed by atoms with Gasteiger partial charge in [0.15, 0.2) is 0 Å². The first-order valence-corrected chi connectivity index (χ1v) is 7.41. The molecule has 1 saturated heterocycles. The van der Waals surface area contributed by atoms with E-state index in [-0.39, 0.29) is 24.3 Å². The van der Waals surface area contributed by atoms with Gasteiger partial charge in [-0.2, -0.15) is 0 Å². The molecule has 1 heterocycles. The molecule has 2 rings (SSSR count). The molecule has 2 aliphatic rings. The second kappa shape index (κ2) is 6.89. The highest BCUT2D eigenvalue weighted by atomic mass is 16.5. The predicted octanol–water partition coefficient (Wildman–Crippen LogP) is 1.07. The van der Waals surface area contributed by atoms with Crippen LogP contribution in [-0.4, -0.2) is 48.6 Å². The van der Waals surface area contributed by atoms with Gasteiger partial charge in [-0.15, -0.1) is 0 Å². The molecular formula is C14H24N2O3. The molecule has 0 aromatic heterocycles. The molecule has 0 spiro atoms. The number of rotatable bonds is 4. The van der Waals surface area contributed by atoms with Crippen LogP contribution in [0.5, 0.6) is 0 Å². The van der Waals surface area contributed by atoms with Crippen LogP contribution in [0.15, 0.2) is 0 Å². The molecule has 108 valence electrons. The van der Waals surface area contributed by atoms with Crippen molar-refractivity contribution < 1.29 is 14.3 Å². The first-order valence-electron chi connectivity index (χ1n) is 7.41. The summed E-state index contributed by atoms with van der Waals surface area (Å²) in [5.74, 6) is -0.296. The van der Waals surface area contributed by atoms with Gasteiger partial charge in [0, 0.05) is 19.1 Å². The summed E-state index contributed by atoms with van der Waals surface area (Å²) >= 11 is 0. The van der Waals surface area contributed by atoms with Gasteiger partial charge in [0.2, 0.25) is 5.91 Å². The molecular weight excluding hydrogens is 244 g/mol. The molecule has 0 radical (unpaired) electrons. The number of nitrogens with zero attached hydrogens (tertiary/aromatic N) is 1. The maximum absolute atomic E-state index is 12.0. The SMILES string of the molecule is CCOC(=O)CC1C(=O)NCCN1C1CCCCC1. The van der Waals surface area contributed by atoms with Crippen molar-refractivity contribution in [1.29, 1.82) is 0 Å². The van der Waals surface area contributed by atoms with Crippen LogP contribution in [0.4, 0.5) is 0 Å². The van der Waals surface area contributed by atoms with Gasteiger partial charge < -0.3 is 10.1 Å². The van der Waals surface area contributed by atoms with Crippen LogP contribution in [0, 0.1) is 0 Å². The number of esters is 1. The molecule has 1 atom stereocenters. The molecule has 1 N–H and O–H groups in total. The van der Waals surface area contributed by atoms with E-state index in [1.807, 2.05) is 0 Å². The highest BCUT2D eigenvalue weighted by molar-refractivity contribution is 5.87. The van der Waals surface area contributed by atoms with E-state index >= 15 is 0 Å². The highest BCUT2D eigenvalue weighted by Gasteiger charge is 2.36. The molecule has 0 aromatic rings. The number of carbonyl (C=O) groups excluding carboxylic acids is 2. The summed E-state index contributed by atoms with van der Waals surface area (Å²) in [7, 11) is 0. The Morgan fingerprint density at radius 2 is 2.11 bits per heavy atom. The zero-order chi connectivity index (χ0) is 13.7. The van der Waals surface area contributed by atoms with Crippen molar-refractivity contribution in [3.63, 3.8) is 0 Å². The zero-order valence-electron chi connectivity index (χ0n) is 11.7. The third-order valence-corrected chi connectivity index (χ3v) is 4.08. The third-order valence-electron chi connectivity index (χ3n) is 4.08. The van der Waals surface area contributed by atoms with E-state index in [0.717, 1.165) is 19.4 Å². The van der Waals surface area contributed by atoms with Crippen LogP contribution < -0.4 is 5.32 Å². The van der Waals surface area contributed by atoms with Crippen molar-refractivity contribution in [3.05, 3.63) is 0 Å². The van der Waals surface area contributed by atoms with E-state index in [9.17, 15) is 9.59 Å². The van der Waals surface area contributed by atoms with Crippen molar-refractivity contribution in [2.45, 2.75) is 57.5 Å². The average molecular weight is 268 g/mol. The number of amides is 1. The van der Waals surface area contributed by atoms with Gasteiger partial charge in [-0.25, -0.2) is 0 Å². The Morgan fingerprint density at radius 3 is 2.79 bits per heavy atom. The standard InChI is InChI=1S/C14H24N2O3/c1-2-19-13(17)10-12-14(18)15-8-9-16(12)11-6-4-3-5-7-11/h11-12H,2-10H2,1H3,(H,15,18). The number of hydrogen-bond donors (Lipinski definition) is 1. The molecule has 5 nitrogen and oxygen atoms in total. The molecule has 1 unspecified atom stereocenters. The molecule has 2 fully saturated rings. The first-order chi connectivity index (χ1) is 9.22. The number of hydrogen-bond acceptors (Lipinski definition) is 4. The summed E-state index contributed by atoms with van der Waals surface area (Å²) < 4.78 is 4.98. The lowest BCUT2D eigenvalue weighted by molar-refractivity contribution is -0.148. The van der Waals surface area contributed by atoms with Gasteiger partial charge in [0.05, 0.1) is 19.1 Å². The smallest absolute Gasteiger partial charge is 0.307 e. The summed E-state index contributed by atoms with van der Waals surface area (Å²) in [6, 6.07) is 0.120. The van der Waals surface area contributed by atoms with Crippen LogP contribution in [0.2, 0.25) is 0 Å². The minimum absolute atomic E-state index is 0.0233. The van der Waals surface area contributed by atoms with Gasteiger partial charge in [-0.3, -0.25) is 14.5 Å². The first kappa shape index (κ1) is 14.3. The van der Waals surface area contributed by atoms with E-state index in [2.05, 4.69) is 10.2 Å². The van der Waals surface area contributed by atoms with Gasteiger partial charge >= 0.3 is 5.97 Å². The van der Waals surface area contributed by atoms with Crippen LogP contribution in [0.25, 0.3) is 0 Å². The summed E-state index contributed by atoms with van der Waals surface area (Å²) in [6.45, 7) is 3.70. The number of carbonyl (C=O) groups is 2. The number of piperazine rings is 1. The fraction of sp³-hybridized carbons (Fsp3) is 0.857. The van der Waals surface area contributed by atoms with Crippen LogP contribution >= 0.6 is 0 Å². The Morgan fingerprint density at radius 1 is 1.37 bits per heavy atom. The van der Waals surface area contributed by atoms with E-state index in [4.69, 9.17) is 4.74 Å². The Balaban J connectivity index is 2.00. The third kappa shape index (κ3) is 3.69. The minimum atomic E-state index is -0.337. The Bertz CT molecular complexity index is 327. The second-order valence-corrected chi connectivity index (χ2v) is 5.35. The normalized spacial score (nSPS) is 25.9. The monoisotopic (exact) mass is 268 g/mol. The topological polar surface area (TPSA) is 58.6 Å². The second-order valence-electron chi connectivity index (χ2n) is 5.35. The van der Waals surface area contributed by atoms with E-state index in [1.54, 1.807) is 6.92 Å². The quantitative estimate of drug-likeness (QED) is 0.775. The highest BCUT2D eigenvalue weighted by Crippen LogP contribution is 2.26. The molecule has 1 saturated carbocycles. The van der Waals surface area contributed by atoms with E-state index in [1.165, 1.54) is 19.3 Å². The zero-order valence-corrected chi connectivity index (χ0v) is 11.7. The number of ether oxygens (including phenoxy) is 1. The van der Waals surface area contributed by atoms with Crippen LogP contribution in [0.3, 0.4) is 0 Å². The van der Waals surface area contributed by atoms with E-state index in [0.29, 0.717) is 19.2 Å². The summed E-state index contributed by atoms with van der Waals surface area (Å²) in [4.78, 5) is 25.9. The average Bonchev–Trinajstić information content (AvgIpc) is 2.42. The fourth-order valence-corrected chi connectivity index (χ4v) is 3.17. The molecule has 1 amide bonds. The predicted molar refractivity (Wildman–Crippen MR) is 71.6 cm³/mol. The Labute approximate surface area is 114 Å². The van der Waals surface area contributed by atoms with Crippen LogP contribution in [-0.2, 0) is 14.3 Å². The maximum Gasteiger partial charge on any atom is 0.307 e. The largest absolute Gasteiger partial charge is 0.466 e. The summed E-state index contributed by atoms with van der Waals surface area (Å²) in [5.41, 5.74) is 0. The summed E-state index contributed by atoms with van der Waals surface area (Å²) in [6.07, 6.45) is 6.22. The Kier molecular flexibility index (Phi) is 5.19. The number of nitrogens with one attached hydrogen (secondary N) is 1. The van der Waals surface area contributed by atoms with Gasteiger partial charge in [0.25, 0.3) is 0 Å². The Hall–Kier alpha value is -1.10. The molecule has 5 heteroatoms. The minimum Gasteiger partial charge on any atom is -0.466 e. The van der Waals surface area contributed by atoms with Crippen molar-refractivity contribution in [3.8, 4) is 0 Å². The molecule has 1 aliphatic heterocycles. The van der Waals surface area contributed by atoms with Gasteiger partial charge in [0.1, 0.15) is 0 Å². The van der Waals surface area contributed by atoms with Crippen molar-refractivity contribution >= 4 is 11.9 Å². The summed E-state index contributed by atoms with van der Waals surface area (Å²) in [5, 5.41) is 2.86. The molecule has 19 heavy (non-hydrogen) atoms. The molecule has 0 bridgehead atoms. The lowest BCUT2D eigenvalue weighted by atomic mass is 9.92. The van der Waals surface area contributed by atoms with Gasteiger partial charge in [-0.1, -0.05) is 19.3 Å². The lowest BCUT2D eigenvalue weighted by Crippen LogP contribution is -2.59. The molecule has 1 aliphatic carbocycles. The van der Waals surface area contributed by atoms with Crippen molar-refractivity contribution in [2.24, 2.45) is 0 Å². The van der Waals surface area contributed by atoms with Gasteiger partial charge in [-0.05, 0) is 19.8 Å². The van der Waals surface area contributed by atoms with Crippen molar-refractivity contribution in [2.75, 3.05) is 19.7 Å². The van der Waals surface area contributed by atoms with Crippen molar-refractivity contribution in [1.82, 2.24) is 10.2 Å². The maximum atomic E-state index is 12.0.